The number of hydrogen-bond donors (Lipinski definition) is 0. The normalized spacial score (nSPS) is 11.5. The van der Waals surface area contributed by atoms with E-state index in [1.165, 1.54) is 51.4 Å². The predicted molar refractivity (Wildman–Crippen MR) is 106 cm³/mol. The zero-order valence-electron chi connectivity index (χ0n) is 17.7. The van der Waals surface area contributed by atoms with Crippen LogP contribution in [-0.4, -0.2) is 30.5 Å². The molecule has 0 aliphatic rings. The fraction of sp³-hybridized carbons (Fsp3) is 0.773. The van der Waals surface area contributed by atoms with E-state index in [1.54, 1.807) is 0 Å². The molecule has 146 valence electrons. The third kappa shape index (κ3) is 22.0. The van der Waals surface area contributed by atoms with Crippen molar-refractivity contribution in [3.63, 3.8) is 0 Å². The first-order chi connectivity index (χ1) is 12.2. The molecule has 0 amide bonds. The van der Waals surface area contributed by atoms with E-state index in [0.29, 0.717) is 0 Å². The van der Waals surface area contributed by atoms with Crippen molar-refractivity contribution in [2.45, 2.75) is 90.9 Å². The van der Waals surface area contributed by atoms with Crippen molar-refractivity contribution >= 4 is 5.97 Å². The van der Waals surface area contributed by atoms with Crippen molar-refractivity contribution in [2.24, 2.45) is 0 Å². The molecule has 0 unspecified atom stereocenters. The van der Waals surface area contributed by atoms with Crippen molar-refractivity contribution in [1.82, 2.24) is 4.90 Å². The van der Waals surface area contributed by atoms with Crippen molar-refractivity contribution in [3.05, 3.63) is 24.3 Å². The topological polar surface area (TPSA) is 43.4 Å². The molecule has 26 heavy (non-hydrogen) atoms. The minimum Gasteiger partial charge on any atom is -0.549 e. The van der Waals surface area contributed by atoms with E-state index in [4.69, 9.17) is 0 Å². The molecular formula is C22H40NNaO2. The molecule has 0 N–H and O–H groups in total. The Hall–Kier alpha value is -0.0900. The molecule has 0 atom stereocenters. The summed E-state index contributed by atoms with van der Waals surface area (Å²) in [7, 11) is 0. The number of carbonyl (C=O) groups is 1. The summed E-state index contributed by atoms with van der Waals surface area (Å²) < 4.78 is 0. The molecular weight excluding hydrogens is 333 g/mol. The molecule has 0 saturated heterocycles. The van der Waals surface area contributed by atoms with Crippen LogP contribution in [0, 0.1) is 0 Å². The maximum Gasteiger partial charge on any atom is 1.00 e. The Balaban J connectivity index is 0. The van der Waals surface area contributed by atoms with Gasteiger partial charge in [-0.25, -0.2) is 0 Å². The number of unbranched alkanes of at least 4 members (excludes halogenated alkanes) is 8. The molecule has 0 rings (SSSR count). The zero-order chi connectivity index (χ0) is 18.6. The smallest absolute Gasteiger partial charge is 0.549 e. The zero-order valence-corrected chi connectivity index (χ0v) is 19.7. The first-order valence-electron chi connectivity index (χ1n) is 10.4. The maximum absolute atomic E-state index is 10.9. The standard InChI is InChI=1S/C22H41NO2.Na/c1-3-5-7-9-11-13-15-17-19-23(21-22(24)25)20-18-16-14-12-10-8-6-4-2;/h13-16H,3-12,17-21H2,1-2H3,(H,24,25);/q;+1/p-1/b15-13+,16-14+;. The monoisotopic (exact) mass is 373 g/mol. The van der Waals surface area contributed by atoms with Crippen molar-refractivity contribution in [2.75, 3.05) is 19.6 Å². The van der Waals surface area contributed by atoms with Gasteiger partial charge in [0, 0.05) is 19.6 Å². The molecule has 3 nitrogen and oxygen atoms in total. The second kappa shape index (κ2) is 23.0. The summed E-state index contributed by atoms with van der Waals surface area (Å²) in [5.74, 6) is -0.980. The molecule has 0 radical (unpaired) electrons. The summed E-state index contributed by atoms with van der Waals surface area (Å²) in [4.78, 5) is 12.9. The van der Waals surface area contributed by atoms with Gasteiger partial charge in [0.05, 0.1) is 5.97 Å². The number of allylic oxidation sites excluding steroid dienone is 2. The molecule has 0 heterocycles. The van der Waals surface area contributed by atoms with Gasteiger partial charge >= 0.3 is 29.6 Å². The van der Waals surface area contributed by atoms with Gasteiger partial charge in [0.25, 0.3) is 0 Å². The van der Waals surface area contributed by atoms with Crippen molar-refractivity contribution in [1.29, 1.82) is 0 Å². The van der Waals surface area contributed by atoms with Gasteiger partial charge in [-0.15, -0.1) is 0 Å². The Bertz CT molecular complexity index is 330. The van der Waals surface area contributed by atoms with Gasteiger partial charge in [0.1, 0.15) is 0 Å². The molecule has 0 aromatic heterocycles. The number of carbonyl (C=O) groups excluding carboxylic acids is 1. The largest absolute Gasteiger partial charge is 1.00 e. The number of aliphatic carboxylic acids is 1. The summed E-state index contributed by atoms with van der Waals surface area (Å²) in [6.07, 6.45) is 23.3. The number of rotatable bonds is 18. The minimum absolute atomic E-state index is 0. The van der Waals surface area contributed by atoms with Crippen LogP contribution in [0.25, 0.3) is 0 Å². The van der Waals surface area contributed by atoms with Gasteiger partial charge in [0.2, 0.25) is 0 Å². The van der Waals surface area contributed by atoms with Crippen molar-refractivity contribution in [3.8, 4) is 0 Å². The molecule has 0 spiro atoms. The van der Waals surface area contributed by atoms with Gasteiger partial charge in [-0.3, -0.25) is 4.90 Å². The molecule has 0 aliphatic heterocycles. The quantitative estimate of drug-likeness (QED) is 0.209. The van der Waals surface area contributed by atoms with E-state index in [-0.39, 0.29) is 36.1 Å². The molecule has 0 saturated carbocycles. The molecule has 0 fully saturated rings. The van der Waals surface area contributed by atoms with E-state index in [9.17, 15) is 9.90 Å². The third-order valence-corrected chi connectivity index (χ3v) is 4.36. The van der Waals surface area contributed by atoms with Crippen molar-refractivity contribution < 1.29 is 39.5 Å². The van der Waals surface area contributed by atoms with E-state index >= 15 is 0 Å². The van der Waals surface area contributed by atoms with Crippen LogP contribution < -0.4 is 34.7 Å². The average Bonchev–Trinajstić information content (AvgIpc) is 2.58. The first-order valence-corrected chi connectivity index (χ1v) is 10.4. The van der Waals surface area contributed by atoms with Crippen LogP contribution in [0.15, 0.2) is 24.3 Å². The first kappa shape index (κ1) is 28.1. The van der Waals surface area contributed by atoms with Crippen LogP contribution in [0.5, 0.6) is 0 Å². The molecule has 0 aromatic carbocycles. The maximum atomic E-state index is 10.9. The average molecular weight is 374 g/mol. The van der Waals surface area contributed by atoms with Crippen LogP contribution >= 0.6 is 0 Å². The van der Waals surface area contributed by atoms with Gasteiger partial charge in [-0.2, -0.15) is 0 Å². The van der Waals surface area contributed by atoms with Gasteiger partial charge in [-0.1, -0.05) is 76.7 Å². The minimum atomic E-state index is -0.980. The fourth-order valence-electron chi connectivity index (χ4n) is 2.82. The molecule has 4 heteroatoms. The Kier molecular flexibility index (Phi) is 24.8. The van der Waals surface area contributed by atoms with E-state index in [0.717, 1.165) is 38.8 Å². The van der Waals surface area contributed by atoms with Gasteiger partial charge in [-0.05, 0) is 38.5 Å². The Morgan fingerprint density at radius 2 is 1.15 bits per heavy atom. The van der Waals surface area contributed by atoms with Crippen LogP contribution in [0.4, 0.5) is 0 Å². The molecule has 0 aliphatic carbocycles. The molecule has 0 aromatic rings. The number of carboxylic acid groups (broad SMARTS) is 1. The summed E-state index contributed by atoms with van der Waals surface area (Å²) in [5.41, 5.74) is 0. The Morgan fingerprint density at radius 3 is 1.54 bits per heavy atom. The van der Waals surface area contributed by atoms with Gasteiger partial charge < -0.3 is 9.90 Å². The fourth-order valence-corrected chi connectivity index (χ4v) is 2.82. The number of hydrogen-bond acceptors (Lipinski definition) is 3. The summed E-state index contributed by atoms with van der Waals surface area (Å²) >= 11 is 0. The summed E-state index contributed by atoms with van der Waals surface area (Å²) in [6.45, 7) is 6.08. The second-order valence-electron chi connectivity index (χ2n) is 6.87. The van der Waals surface area contributed by atoms with E-state index in [1.807, 2.05) is 4.90 Å². The number of carboxylic acids is 1. The van der Waals surface area contributed by atoms with Crippen LogP contribution in [0.1, 0.15) is 90.9 Å². The second-order valence-corrected chi connectivity index (χ2v) is 6.87. The van der Waals surface area contributed by atoms with Gasteiger partial charge in [0.15, 0.2) is 0 Å². The van der Waals surface area contributed by atoms with E-state index < -0.39 is 5.97 Å². The SMILES string of the molecule is CCCCCC/C=C/CCN(CC/C=C/CCCCCC)CC(=O)[O-].[Na+]. The van der Waals surface area contributed by atoms with Crippen LogP contribution in [0.3, 0.4) is 0 Å². The summed E-state index contributed by atoms with van der Waals surface area (Å²) in [5, 5.41) is 10.9. The third-order valence-electron chi connectivity index (χ3n) is 4.36. The Morgan fingerprint density at radius 1 is 0.731 bits per heavy atom. The van der Waals surface area contributed by atoms with Crippen LogP contribution in [0.2, 0.25) is 0 Å². The Labute approximate surface area is 184 Å². The van der Waals surface area contributed by atoms with E-state index in [2.05, 4.69) is 38.2 Å². The van der Waals surface area contributed by atoms with Crippen LogP contribution in [-0.2, 0) is 4.79 Å². The predicted octanol–water partition coefficient (Wildman–Crippen LogP) is 1.88. The molecule has 0 bridgehead atoms. The summed E-state index contributed by atoms with van der Waals surface area (Å²) in [6, 6.07) is 0. The number of nitrogens with zero attached hydrogens (tertiary/aromatic N) is 1.